The summed E-state index contributed by atoms with van der Waals surface area (Å²) in [6.45, 7) is 0. The molecule has 5 heteroatoms. The maximum absolute atomic E-state index is 6.15. The van der Waals surface area contributed by atoms with Crippen molar-refractivity contribution in [2.45, 2.75) is 25.7 Å². The lowest BCUT2D eigenvalue weighted by Gasteiger charge is -2.10. The molecule has 3 aromatic rings. The van der Waals surface area contributed by atoms with Gasteiger partial charge in [-0.25, -0.2) is 9.97 Å². The van der Waals surface area contributed by atoms with Crippen LogP contribution in [0.15, 0.2) is 22.8 Å². The van der Waals surface area contributed by atoms with Crippen LogP contribution in [0.1, 0.15) is 23.3 Å². The van der Waals surface area contributed by atoms with E-state index in [-0.39, 0.29) is 0 Å². The average Bonchev–Trinajstić information content (AvgIpc) is 3.05. The molecule has 4 nitrogen and oxygen atoms in total. The number of anilines is 1. The third-order valence-corrected chi connectivity index (χ3v) is 4.77. The highest BCUT2D eigenvalue weighted by molar-refractivity contribution is 7.19. The van der Waals surface area contributed by atoms with E-state index in [1.807, 2.05) is 12.1 Å². The van der Waals surface area contributed by atoms with Crippen molar-refractivity contribution < 1.29 is 4.42 Å². The fraction of sp³-hybridized carbons (Fsp3) is 0.286. The second-order valence-electron chi connectivity index (χ2n) is 4.80. The Kier molecular flexibility index (Phi) is 2.35. The van der Waals surface area contributed by atoms with Gasteiger partial charge in [0.2, 0.25) is 0 Å². The Balaban J connectivity index is 1.98. The van der Waals surface area contributed by atoms with Crippen LogP contribution in [0.2, 0.25) is 0 Å². The molecule has 0 amide bonds. The van der Waals surface area contributed by atoms with Crippen LogP contribution >= 0.6 is 11.3 Å². The minimum atomic E-state index is 0.577. The van der Waals surface area contributed by atoms with Gasteiger partial charge in [0.05, 0.1) is 11.6 Å². The number of fused-ring (bicyclic) bond motifs is 3. The van der Waals surface area contributed by atoms with E-state index in [4.69, 9.17) is 10.2 Å². The largest absolute Gasteiger partial charge is 0.461 e. The van der Waals surface area contributed by atoms with Gasteiger partial charge in [0.15, 0.2) is 11.6 Å². The van der Waals surface area contributed by atoms with Gasteiger partial charge in [-0.15, -0.1) is 11.3 Å². The predicted molar refractivity (Wildman–Crippen MR) is 76.2 cm³/mol. The first-order valence-electron chi connectivity index (χ1n) is 6.44. The molecule has 0 saturated carbocycles. The van der Waals surface area contributed by atoms with Gasteiger partial charge in [0.25, 0.3) is 0 Å². The minimum Gasteiger partial charge on any atom is -0.461 e. The maximum Gasteiger partial charge on any atom is 0.199 e. The number of aromatic nitrogens is 2. The van der Waals surface area contributed by atoms with Crippen molar-refractivity contribution in [1.82, 2.24) is 9.97 Å². The molecule has 0 radical (unpaired) electrons. The molecule has 0 saturated heterocycles. The summed E-state index contributed by atoms with van der Waals surface area (Å²) in [7, 11) is 0. The van der Waals surface area contributed by atoms with Crippen molar-refractivity contribution in [3.63, 3.8) is 0 Å². The van der Waals surface area contributed by atoms with E-state index >= 15 is 0 Å². The zero-order chi connectivity index (χ0) is 12.8. The molecule has 2 N–H and O–H groups in total. The van der Waals surface area contributed by atoms with Crippen LogP contribution in [-0.2, 0) is 12.8 Å². The van der Waals surface area contributed by atoms with E-state index in [1.54, 1.807) is 17.6 Å². The van der Waals surface area contributed by atoms with Crippen LogP contribution in [0.3, 0.4) is 0 Å². The van der Waals surface area contributed by atoms with E-state index in [9.17, 15) is 0 Å². The molecule has 0 bridgehead atoms. The molecule has 1 aliphatic rings. The van der Waals surface area contributed by atoms with E-state index in [0.29, 0.717) is 17.4 Å². The van der Waals surface area contributed by atoms with Crippen molar-refractivity contribution in [2.75, 3.05) is 5.73 Å². The van der Waals surface area contributed by atoms with Gasteiger partial charge >= 0.3 is 0 Å². The van der Waals surface area contributed by atoms with Gasteiger partial charge in [-0.3, -0.25) is 0 Å². The summed E-state index contributed by atoms with van der Waals surface area (Å²) in [6.07, 6.45) is 6.36. The zero-order valence-electron chi connectivity index (χ0n) is 10.3. The molecule has 0 unspecified atom stereocenters. The molecular weight excluding hydrogens is 258 g/mol. The summed E-state index contributed by atoms with van der Waals surface area (Å²) >= 11 is 1.75. The number of nitrogens with zero attached hydrogens (tertiary/aromatic N) is 2. The van der Waals surface area contributed by atoms with Crippen molar-refractivity contribution >= 4 is 27.4 Å². The topological polar surface area (TPSA) is 64.9 Å². The smallest absolute Gasteiger partial charge is 0.199 e. The molecule has 0 atom stereocenters. The predicted octanol–water partition coefficient (Wildman–Crippen LogP) is 3.41. The second-order valence-corrected chi connectivity index (χ2v) is 5.88. The van der Waals surface area contributed by atoms with Crippen molar-refractivity contribution in [3.05, 3.63) is 28.8 Å². The number of furan rings is 1. The molecule has 0 aliphatic heterocycles. The fourth-order valence-corrected chi connectivity index (χ4v) is 3.97. The number of nitrogens with two attached hydrogens (primary N) is 1. The van der Waals surface area contributed by atoms with Gasteiger partial charge in [0.1, 0.15) is 10.6 Å². The average molecular weight is 271 g/mol. The number of thiophene rings is 1. The van der Waals surface area contributed by atoms with E-state index in [1.165, 1.54) is 23.3 Å². The summed E-state index contributed by atoms with van der Waals surface area (Å²) < 4.78 is 5.35. The molecule has 0 aromatic carbocycles. The Labute approximate surface area is 114 Å². The minimum absolute atomic E-state index is 0.577. The quantitative estimate of drug-likeness (QED) is 0.736. The number of hydrogen-bond acceptors (Lipinski definition) is 5. The van der Waals surface area contributed by atoms with Crippen LogP contribution in [0.4, 0.5) is 5.82 Å². The zero-order valence-corrected chi connectivity index (χ0v) is 11.2. The maximum atomic E-state index is 6.15. The lowest BCUT2D eigenvalue weighted by molar-refractivity contribution is 0.578. The standard InChI is InChI=1S/C14H13N3OS/c15-12-11-8-4-1-2-6-10(8)19-14(11)17-13(16-12)9-5-3-7-18-9/h3,5,7H,1-2,4,6H2,(H2,15,16,17). The molecular formula is C14H13N3OS. The summed E-state index contributed by atoms with van der Waals surface area (Å²) in [5.74, 6) is 1.82. The Bertz CT molecular complexity index is 746. The van der Waals surface area contributed by atoms with Crippen LogP contribution in [-0.4, -0.2) is 9.97 Å². The van der Waals surface area contributed by atoms with Gasteiger partial charge in [-0.05, 0) is 43.4 Å². The number of nitrogen functional groups attached to an aromatic ring is 1. The Morgan fingerprint density at radius 2 is 2.11 bits per heavy atom. The van der Waals surface area contributed by atoms with Crippen molar-refractivity contribution in [3.8, 4) is 11.6 Å². The molecule has 3 aromatic heterocycles. The van der Waals surface area contributed by atoms with Crippen molar-refractivity contribution in [1.29, 1.82) is 0 Å². The molecule has 1 aliphatic carbocycles. The van der Waals surface area contributed by atoms with Gasteiger partial charge < -0.3 is 10.2 Å². The summed E-state index contributed by atoms with van der Waals surface area (Å²) in [6, 6.07) is 3.69. The molecule has 19 heavy (non-hydrogen) atoms. The third kappa shape index (κ3) is 1.65. The molecule has 0 fully saturated rings. The fourth-order valence-electron chi connectivity index (χ4n) is 2.70. The molecule has 4 rings (SSSR count). The molecule has 0 spiro atoms. The SMILES string of the molecule is Nc1nc(-c2ccco2)nc2sc3c(c12)CCCC3. The first-order valence-corrected chi connectivity index (χ1v) is 7.26. The summed E-state index contributed by atoms with van der Waals surface area (Å²) in [5.41, 5.74) is 7.52. The Hall–Kier alpha value is -1.88. The van der Waals surface area contributed by atoms with Gasteiger partial charge in [-0.2, -0.15) is 0 Å². The first kappa shape index (κ1) is 11.0. The summed E-state index contributed by atoms with van der Waals surface area (Å²) in [5, 5.41) is 1.06. The van der Waals surface area contributed by atoms with Gasteiger partial charge in [0, 0.05) is 4.88 Å². The van der Waals surface area contributed by atoms with Crippen LogP contribution in [0.5, 0.6) is 0 Å². The molecule has 96 valence electrons. The van der Waals surface area contributed by atoms with E-state index < -0.39 is 0 Å². The molecule has 3 heterocycles. The number of aryl methyl sites for hydroxylation is 2. The van der Waals surface area contributed by atoms with Crippen LogP contribution < -0.4 is 5.73 Å². The Morgan fingerprint density at radius 3 is 2.95 bits per heavy atom. The number of rotatable bonds is 1. The number of hydrogen-bond donors (Lipinski definition) is 1. The van der Waals surface area contributed by atoms with Crippen LogP contribution in [0.25, 0.3) is 21.8 Å². The summed E-state index contributed by atoms with van der Waals surface area (Å²) in [4.78, 5) is 11.4. The highest BCUT2D eigenvalue weighted by Gasteiger charge is 2.20. The normalized spacial score (nSPS) is 14.7. The lowest BCUT2D eigenvalue weighted by Crippen LogP contribution is -2.01. The van der Waals surface area contributed by atoms with E-state index in [2.05, 4.69) is 9.97 Å². The first-order chi connectivity index (χ1) is 9.33. The third-order valence-electron chi connectivity index (χ3n) is 3.58. The van der Waals surface area contributed by atoms with Crippen LogP contribution in [0, 0.1) is 0 Å². The van der Waals surface area contributed by atoms with Crippen molar-refractivity contribution in [2.24, 2.45) is 0 Å². The highest BCUT2D eigenvalue weighted by Crippen LogP contribution is 2.38. The highest BCUT2D eigenvalue weighted by atomic mass is 32.1. The Morgan fingerprint density at radius 1 is 1.21 bits per heavy atom. The second kappa shape index (κ2) is 4.06. The van der Waals surface area contributed by atoms with E-state index in [0.717, 1.165) is 23.1 Å². The monoisotopic (exact) mass is 271 g/mol. The lowest BCUT2D eigenvalue weighted by atomic mass is 9.97. The van der Waals surface area contributed by atoms with Gasteiger partial charge in [-0.1, -0.05) is 0 Å².